The number of anilines is 1. The molecule has 0 saturated heterocycles. The van der Waals surface area contributed by atoms with Gasteiger partial charge in [-0.3, -0.25) is 0 Å². The van der Waals surface area contributed by atoms with Crippen molar-refractivity contribution in [2.24, 2.45) is 0 Å². The molecule has 0 spiro atoms. The highest BCUT2D eigenvalue weighted by Crippen LogP contribution is 2.33. The number of hydrogen-bond acceptors (Lipinski definition) is 3. The van der Waals surface area contributed by atoms with Gasteiger partial charge in [-0.1, -0.05) is 18.2 Å². The molecule has 0 saturated carbocycles. The van der Waals surface area contributed by atoms with Gasteiger partial charge in [-0.25, -0.2) is 4.98 Å². The van der Waals surface area contributed by atoms with Crippen LogP contribution in [0.4, 0.5) is 5.95 Å². The molecular weight excluding hydrogens is 214 g/mol. The Labute approximate surface area is 100 Å². The zero-order valence-corrected chi connectivity index (χ0v) is 9.76. The number of nitrogens with zero attached hydrogens (tertiary/aromatic N) is 2. The normalized spacial score (nSPS) is 17.6. The standard InChI is InChI=1S/C13H15N3O/c1-2-16-8-7-14-13(16)15-11-9-17-12-6-4-3-5-10(11)12/h3-8,11H,2,9H2,1H3,(H,14,15). The van der Waals surface area contributed by atoms with E-state index in [2.05, 4.69) is 27.9 Å². The molecule has 1 aromatic carbocycles. The maximum Gasteiger partial charge on any atom is 0.203 e. The van der Waals surface area contributed by atoms with Gasteiger partial charge in [0.1, 0.15) is 12.4 Å². The first-order chi connectivity index (χ1) is 8.38. The average Bonchev–Trinajstić information content (AvgIpc) is 2.97. The quantitative estimate of drug-likeness (QED) is 0.878. The van der Waals surface area contributed by atoms with Crippen molar-refractivity contribution >= 4 is 5.95 Å². The predicted molar refractivity (Wildman–Crippen MR) is 66.2 cm³/mol. The summed E-state index contributed by atoms with van der Waals surface area (Å²) < 4.78 is 7.72. The molecule has 4 nitrogen and oxygen atoms in total. The summed E-state index contributed by atoms with van der Waals surface area (Å²) in [4.78, 5) is 4.32. The summed E-state index contributed by atoms with van der Waals surface area (Å²) in [6, 6.07) is 8.32. The summed E-state index contributed by atoms with van der Waals surface area (Å²) in [7, 11) is 0. The van der Waals surface area contributed by atoms with Gasteiger partial charge in [0.2, 0.25) is 5.95 Å². The Balaban J connectivity index is 1.84. The van der Waals surface area contributed by atoms with Crippen LogP contribution in [-0.4, -0.2) is 16.2 Å². The van der Waals surface area contributed by atoms with Gasteiger partial charge in [0, 0.05) is 24.5 Å². The van der Waals surface area contributed by atoms with E-state index in [1.807, 2.05) is 30.6 Å². The van der Waals surface area contributed by atoms with Crippen LogP contribution in [-0.2, 0) is 6.54 Å². The minimum Gasteiger partial charge on any atom is -0.491 e. The molecule has 0 aliphatic carbocycles. The zero-order chi connectivity index (χ0) is 11.7. The lowest BCUT2D eigenvalue weighted by Gasteiger charge is -2.13. The summed E-state index contributed by atoms with van der Waals surface area (Å²) in [5.41, 5.74) is 1.21. The van der Waals surface area contributed by atoms with Gasteiger partial charge in [0.15, 0.2) is 0 Å². The van der Waals surface area contributed by atoms with Crippen molar-refractivity contribution < 1.29 is 4.74 Å². The monoisotopic (exact) mass is 229 g/mol. The van der Waals surface area contributed by atoms with Crippen molar-refractivity contribution in [3.05, 3.63) is 42.2 Å². The Bertz CT molecular complexity index is 521. The molecule has 1 aliphatic heterocycles. The molecule has 2 aromatic rings. The number of ether oxygens (including phenoxy) is 1. The van der Waals surface area contributed by atoms with E-state index in [-0.39, 0.29) is 6.04 Å². The highest BCUT2D eigenvalue weighted by atomic mass is 16.5. The number of hydrogen-bond donors (Lipinski definition) is 1. The lowest BCUT2D eigenvalue weighted by molar-refractivity contribution is 0.339. The van der Waals surface area contributed by atoms with Crippen LogP contribution in [0.15, 0.2) is 36.7 Å². The van der Waals surface area contributed by atoms with Crippen molar-refractivity contribution in [2.75, 3.05) is 11.9 Å². The lowest BCUT2D eigenvalue weighted by atomic mass is 10.1. The van der Waals surface area contributed by atoms with E-state index in [0.717, 1.165) is 18.2 Å². The molecule has 1 N–H and O–H groups in total. The fourth-order valence-electron chi connectivity index (χ4n) is 2.14. The molecule has 4 heteroatoms. The second kappa shape index (κ2) is 4.13. The molecule has 0 radical (unpaired) electrons. The molecule has 0 amide bonds. The molecule has 17 heavy (non-hydrogen) atoms. The Kier molecular flexibility index (Phi) is 2.48. The van der Waals surface area contributed by atoms with E-state index in [1.165, 1.54) is 5.56 Å². The number of aryl methyl sites for hydroxylation is 1. The van der Waals surface area contributed by atoms with E-state index in [4.69, 9.17) is 4.74 Å². The van der Waals surface area contributed by atoms with Gasteiger partial charge in [-0.2, -0.15) is 0 Å². The number of nitrogens with one attached hydrogen (secondary N) is 1. The topological polar surface area (TPSA) is 39.1 Å². The molecule has 0 bridgehead atoms. The van der Waals surface area contributed by atoms with E-state index in [0.29, 0.717) is 6.61 Å². The third-order valence-corrected chi connectivity index (χ3v) is 3.06. The van der Waals surface area contributed by atoms with Crippen molar-refractivity contribution in [1.82, 2.24) is 9.55 Å². The van der Waals surface area contributed by atoms with E-state index >= 15 is 0 Å². The van der Waals surface area contributed by atoms with Crippen molar-refractivity contribution in [3.8, 4) is 5.75 Å². The van der Waals surface area contributed by atoms with Gasteiger partial charge in [0.05, 0.1) is 6.04 Å². The van der Waals surface area contributed by atoms with E-state index in [1.54, 1.807) is 0 Å². The van der Waals surface area contributed by atoms with E-state index in [9.17, 15) is 0 Å². The fourth-order valence-corrected chi connectivity index (χ4v) is 2.14. The van der Waals surface area contributed by atoms with Gasteiger partial charge >= 0.3 is 0 Å². The van der Waals surface area contributed by atoms with Crippen LogP contribution in [0.1, 0.15) is 18.5 Å². The van der Waals surface area contributed by atoms with Crippen LogP contribution in [0, 0.1) is 0 Å². The minimum absolute atomic E-state index is 0.193. The fraction of sp³-hybridized carbons (Fsp3) is 0.308. The number of rotatable bonds is 3. The smallest absolute Gasteiger partial charge is 0.203 e. The highest BCUT2D eigenvalue weighted by molar-refractivity contribution is 5.44. The Morgan fingerprint density at radius 2 is 2.35 bits per heavy atom. The van der Waals surface area contributed by atoms with Gasteiger partial charge in [-0.15, -0.1) is 0 Å². The minimum atomic E-state index is 0.193. The van der Waals surface area contributed by atoms with Crippen LogP contribution in [0.5, 0.6) is 5.75 Å². The van der Waals surface area contributed by atoms with Gasteiger partial charge < -0.3 is 14.6 Å². The molecule has 1 aromatic heterocycles. The Morgan fingerprint density at radius 3 is 3.24 bits per heavy atom. The molecule has 0 fully saturated rings. The maximum atomic E-state index is 5.63. The summed E-state index contributed by atoms with van der Waals surface area (Å²) in [5.74, 6) is 1.87. The van der Waals surface area contributed by atoms with Crippen LogP contribution in [0.25, 0.3) is 0 Å². The number of aromatic nitrogens is 2. The molecular formula is C13H15N3O. The van der Waals surface area contributed by atoms with Crippen LogP contribution < -0.4 is 10.1 Å². The Hall–Kier alpha value is -1.97. The van der Waals surface area contributed by atoms with Crippen LogP contribution >= 0.6 is 0 Å². The summed E-state index contributed by atoms with van der Waals surface area (Å²) in [6.07, 6.45) is 3.79. The predicted octanol–water partition coefficient (Wildman–Crippen LogP) is 2.45. The first kappa shape index (κ1) is 10.2. The molecule has 1 unspecified atom stereocenters. The zero-order valence-electron chi connectivity index (χ0n) is 9.76. The first-order valence-electron chi connectivity index (χ1n) is 5.88. The summed E-state index contributed by atoms with van der Waals surface area (Å²) in [6.45, 7) is 3.68. The second-order valence-electron chi connectivity index (χ2n) is 4.08. The highest BCUT2D eigenvalue weighted by Gasteiger charge is 2.24. The van der Waals surface area contributed by atoms with Crippen LogP contribution in [0.2, 0.25) is 0 Å². The Morgan fingerprint density at radius 1 is 1.47 bits per heavy atom. The number of para-hydroxylation sites is 1. The van der Waals surface area contributed by atoms with Gasteiger partial charge in [0.25, 0.3) is 0 Å². The molecule has 1 atom stereocenters. The summed E-state index contributed by atoms with van der Waals surface area (Å²) in [5, 5.41) is 3.42. The average molecular weight is 229 g/mol. The summed E-state index contributed by atoms with van der Waals surface area (Å²) >= 11 is 0. The van der Waals surface area contributed by atoms with Crippen molar-refractivity contribution in [2.45, 2.75) is 19.5 Å². The van der Waals surface area contributed by atoms with Crippen LogP contribution in [0.3, 0.4) is 0 Å². The third kappa shape index (κ3) is 1.75. The second-order valence-corrected chi connectivity index (χ2v) is 4.08. The van der Waals surface area contributed by atoms with E-state index < -0.39 is 0 Å². The number of fused-ring (bicyclic) bond motifs is 1. The largest absolute Gasteiger partial charge is 0.491 e. The van der Waals surface area contributed by atoms with Crippen molar-refractivity contribution in [3.63, 3.8) is 0 Å². The molecule has 1 aliphatic rings. The number of benzene rings is 1. The molecule has 2 heterocycles. The SMILES string of the molecule is CCn1ccnc1NC1COc2ccccc21. The lowest BCUT2D eigenvalue weighted by Crippen LogP contribution is -2.15. The van der Waals surface area contributed by atoms with Crippen molar-refractivity contribution in [1.29, 1.82) is 0 Å². The first-order valence-corrected chi connectivity index (χ1v) is 5.88. The molecule has 88 valence electrons. The molecule has 3 rings (SSSR count). The number of imidazole rings is 1. The third-order valence-electron chi connectivity index (χ3n) is 3.06. The maximum absolute atomic E-state index is 5.63. The van der Waals surface area contributed by atoms with Gasteiger partial charge in [-0.05, 0) is 13.0 Å².